The van der Waals surface area contributed by atoms with Crippen LogP contribution in [0.4, 0.5) is 8.78 Å². The van der Waals surface area contributed by atoms with Gasteiger partial charge in [0.25, 0.3) is 0 Å². The van der Waals surface area contributed by atoms with Crippen molar-refractivity contribution >= 4 is 15.9 Å². The minimum atomic E-state index is -3.34. The largest absolute Gasteiger partial charge is 0.390 e. The third-order valence-electron chi connectivity index (χ3n) is 7.21. The van der Waals surface area contributed by atoms with Gasteiger partial charge in [0.1, 0.15) is 11.6 Å². The Morgan fingerprint density at radius 3 is 2.24 bits per heavy atom. The standard InChI is InChI=1S/C28H39F2N3O4S/c1-19(34)32-25(15-20-13-23(29)17-24(30)14-20)26(35)18-31-28(9-11-33(12-10-28)38(5,36)37)22-8-6-7-21(16-22)27(2,3)4/h6-8,13-14,16-17,25-26,31,35H,9-12,15,18H2,1-5H3,(H,32,34). The molecule has 0 saturated carbocycles. The summed E-state index contributed by atoms with van der Waals surface area (Å²) in [5.74, 6) is -1.84. The molecule has 1 saturated heterocycles. The number of aliphatic hydroxyl groups excluding tert-OH is 1. The summed E-state index contributed by atoms with van der Waals surface area (Å²) in [6.07, 6.45) is 1.12. The summed E-state index contributed by atoms with van der Waals surface area (Å²) >= 11 is 0. The van der Waals surface area contributed by atoms with Gasteiger partial charge in [-0.15, -0.1) is 0 Å². The van der Waals surface area contributed by atoms with Crippen molar-refractivity contribution in [2.75, 3.05) is 25.9 Å². The molecule has 1 heterocycles. The molecule has 0 bridgehead atoms. The summed E-state index contributed by atoms with van der Waals surface area (Å²) in [5.41, 5.74) is 1.73. The Kier molecular flexibility index (Phi) is 9.34. The Hall–Kier alpha value is -2.40. The van der Waals surface area contributed by atoms with Crippen LogP contribution in [0.15, 0.2) is 42.5 Å². The highest BCUT2D eigenvalue weighted by molar-refractivity contribution is 7.88. The molecule has 1 fully saturated rings. The summed E-state index contributed by atoms with van der Waals surface area (Å²) in [7, 11) is -3.34. The molecular weight excluding hydrogens is 512 g/mol. The zero-order valence-corrected chi connectivity index (χ0v) is 23.5. The second-order valence-corrected chi connectivity index (χ2v) is 13.3. The van der Waals surface area contributed by atoms with E-state index in [0.717, 1.165) is 17.2 Å². The van der Waals surface area contributed by atoms with E-state index in [-0.39, 0.29) is 24.3 Å². The fourth-order valence-electron chi connectivity index (χ4n) is 5.02. The third kappa shape index (κ3) is 7.81. The zero-order chi connectivity index (χ0) is 28.3. The minimum absolute atomic E-state index is 0.0332. The Morgan fingerprint density at radius 2 is 1.71 bits per heavy atom. The topological polar surface area (TPSA) is 98.7 Å². The van der Waals surface area contributed by atoms with Crippen LogP contribution >= 0.6 is 0 Å². The van der Waals surface area contributed by atoms with Gasteiger partial charge in [-0.25, -0.2) is 21.5 Å². The van der Waals surface area contributed by atoms with Gasteiger partial charge in [0.15, 0.2) is 0 Å². The normalized spacial score (nSPS) is 18.1. The molecule has 210 valence electrons. The molecule has 2 unspecified atom stereocenters. The molecule has 0 aromatic heterocycles. The number of amides is 1. The van der Waals surface area contributed by atoms with E-state index in [9.17, 15) is 27.1 Å². The molecule has 0 aliphatic carbocycles. The number of piperidine rings is 1. The van der Waals surface area contributed by atoms with E-state index in [0.29, 0.717) is 31.5 Å². The second kappa shape index (κ2) is 11.8. The van der Waals surface area contributed by atoms with Crippen LogP contribution in [0.1, 0.15) is 57.2 Å². The molecule has 0 spiro atoms. The van der Waals surface area contributed by atoms with Crippen molar-refractivity contribution in [2.24, 2.45) is 0 Å². The first-order valence-corrected chi connectivity index (χ1v) is 14.7. The second-order valence-electron chi connectivity index (χ2n) is 11.3. The molecule has 1 amide bonds. The van der Waals surface area contributed by atoms with E-state index in [1.807, 2.05) is 12.1 Å². The number of benzene rings is 2. The summed E-state index contributed by atoms with van der Waals surface area (Å²) < 4.78 is 53.3. The fraction of sp³-hybridized carbons (Fsp3) is 0.536. The Balaban J connectivity index is 1.87. The number of sulfonamides is 1. The molecule has 2 atom stereocenters. The molecule has 38 heavy (non-hydrogen) atoms. The number of hydrogen-bond acceptors (Lipinski definition) is 5. The lowest BCUT2D eigenvalue weighted by molar-refractivity contribution is -0.120. The Bertz CT molecular complexity index is 1220. The smallest absolute Gasteiger partial charge is 0.217 e. The van der Waals surface area contributed by atoms with Crippen molar-refractivity contribution in [2.45, 2.75) is 70.1 Å². The SMILES string of the molecule is CC(=O)NC(Cc1cc(F)cc(F)c1)C(O)CNC1(c2cccc(C(C)(C)C)c2)CCN(S(C)(=O)=O)CC1. The molecule has 3 rings (SSSR count). The summed E-state index contributed by atoms with van der Waals surface area (Å²) in [6.45, 7) is 8.39. The number of aliphatic hydroxyl groups is 1. The van der Waals surface area contributed by atoms with Crippen molar-refractivity contribution < 1.29 is 27.1 Å². The van der Waals surface area contributed by atoms with E-state index < -0.39 is 39.3 Å². The van der Waals surface area contributed by atoms with Crippen LogP contribution in [0.25, 0.3) is 0 Å². The number of rotatable bonds is 9. The summed E-state index contributed by atoms with van der Waals surface area (Å²) in [6, 6.07) is 10.5. The molecule has 7 nitrogen and oxygen atoms in total. The van der Waals surface area contributed by atoms with E-state index in [2.05, 4.69) is 43.5 Å². The molecule has 1 aliphatic heterocycles. The van der Waals surface area contributed by atoms with Crippen LogP contribution in [0, 0.1) is 11.6 Å². The maximum atomic E-state index is 13.8. The Labute approximate surface area is 224 Å². The molecule has 1 aliphatic rings. The quantitative estimate of drug-likeness (QED) is 0.445. The van der Waals surface area contributed by atoms with Gasteiger partial charge in [0.05, 0.1) is 18.4 Å². The first kappa shape index (κ1) is 30.1. The van der Waals surface area contributed by atoms with Gasteiger partial charge < -0.3 is 15.7 Å². The third-order valence-corrected chi connectivity index (χ3v) is 8.51. The number of carbonyl (C=O) groups excluding carboxylic acids is 1. The van der Waals surface area contributed by atoms with Crippen molar-refractivity contribution in [1.29, 1.82) is 0 Å². The van der Waals surface area contributed by atoms with Crippen LogP contribution in [0.2, 0.25) is 0 Å². The lowest BCUT2D eigenvalue weighted by Gasteiger charge is -2.43. The predicted octanol–water partition coefficient (Wildman–Crippen LogP) is 3.21. The van der Waals surface area contributed by atoms with Gasteiger partial charge in [-0.05, 0) is 53.5 Å². The molecule has 3 N–H and O–H groups in total. The number of hydrogen-bond donors (Lipinski definition) is 3. The maximum Gasteiger partial charge on any atom is 0.217 e. The summed E-state index contributed by atoms with van der Waals surface area (Å²) in [5, 5.41) is 17.3. The highest BCUT2D eigenvalue weighted by atomic mass is 32.2. The van der Waals surface area contributed by atoms with Gasteiger partial charge >= 0.3 is 0 Å². The van der Waals surface area contributed by atoms with Crippen LogP contribution < -0.4 is 10.6 Å². The van der Waals surface area contributed by atoms with E-state index in [4.69, 9.17) is 0 Å². The molecule has 2 aromatic carbocycles. The zero-order valence-electron chi connectivity index (χ0n) is 22.7. The highest BCUT2D eigenvalue weighted by Gasteiger charge is 2.39. The number of nitrogens with zero attached hydrogens (tertiary/aromatic N) is 1. The van der Waals surface area contributed by atoms with E-state index in [1.54, 1.807) is 0 Å². The number of halogens is 2. The fourth-order valence-corrected chi connectivity index (χ4v) is 5.87. The first-order chi connectivity index (χ1) is 17.6. The van der Waals surface area contributed by atoms with Crippen molar-refractivity contribution in [3.05, 3.63) is 70.8 Å². The number of carbonyl (C=O) groups is 1. The van der Waals surface area contributed by atoms with Crippen LogP contribution in [-0.4, -0.2) is 61.8 Å². The summed E-state index contributed by atoms with van der Waals surface area (Å²) in [4.78, 5) is 11.9. The minimum Gasteiger partial charge on any atom is -0.390 e. The molecule has 10 heteroatoms. The van der Waals surface area contributed by atoms with E-state index in [1.165, 1.54) is 29.6 Å². The van der Waals surface area contributed by atoms with Crippen LogP contribution in [0.5, 0.6) is 0 Å². The van der Waals surface area contributed by atoms with E-state index >= 15 is 0 Å². The van der Waals surface area contributed by atoms with Gasteiger partial charge in [0, 0.05) is 38.2 Å². The van der Waals surface area contributed by atoms with Crippen molar-refractivity contribution in [3.8, 4) is 0 Å². The predicted molar refractivity (Wildman–Crippen MR) is 144 cm³/mol. The monoisotopic (exact) mass is 551 g/mol. The maximum absolute atomic E-state index is 13.8. The van der Waals surface area contributed by atoms with Gasteiger partial charge in [-0.3, -0.25) is 4.79 Å². The van der Waals surface area contributed by atoms with Gasteiger partial charge in [-0.2, -0.15) is 0 Å². The highest BCUT2D eigenvalue weighted by Crippen LogP contribution is 2.36. The van der Waals surface area contributed by atoms with Gasteiger partial charge in [-0.1, -0.05) is 45.0 Å². The average Bonchev–Trinajstić information content (AvgIpc) is 2.80. The van der Waals surface area contributed by atoms with Crippen LogP contribution in [0.3, 0.4) is 0 Å². The van der Waals surface area contributed by atoms with Crippen molar-refractivity contribution in [1.82, 2.24) is 14.9 Å². The first-order valence-electron chi connectivity index (χ1n) is 12.8. The lowest BCUT2D eigenvalue weighted by atomic mass is 9.78. The van der Waals surface area contributed by atoms with Crippen molar-refractivity contribution in [3.63, 3.8) is 0 Å². The number of nitrogens with one attached hydrogen (secondary N) is 2. The van der Waals surface area contributed by atoms with Gasteiger partial charge in [0.2, 0.25) is 15.9 Å². The Morgan fingerprint density at radius 1 is 1.11 bits per heavy atom. The average molecular weight is 552 g/mol. The van der Waals surface area contributed by atoms with Crippen LogP contribution in [-0.2, 0) is 32.2 Å². The molecular formula is C28H39F2N3O4S. The molecule has 2 aromatic rings. The molecule has 0 radical (unpaired) electrons. The lowest BCUT2D eigenvalue weighted by Crippen LogP contribution is -2.56.